The number of halogens is 1. The van der Waals surface area contributed by atoms with Crippen LogP contribution >= 0.6 is 0 Å². The molecule has 0 radical (unpaired) electrons. The first-order valence-corrected chi connectivity index (χ1v) is 5.26. The quantitative estimate of drug-likeness (QED) is 0.788. The fraction of sp³-hybridized carbons (Fsp3) is 0.417. The van der Waals surface area contributed by atoms with E-state index in [0.717, 1.165) is 0 Å². The SMILES string of the molecule is COCC(CCO)Nc1cc(F)cc(C#N)c1. The van der Waals surface area contributed by atoms with Crippen LogP contribution in [0.25, 0.3) is 0 Å². The molecule has 1 aromatic rings. The zero-order valence-electron chi connectivity index (χ0n) is 9.61. The highest BCUT2D eigenvalue weighted by Gasteiger charge is 2.09. The highest BCUT2D eigenvalue weighted by molar-refractivity contribution is 5.50. The second kappa shape index (κ2) is 6.84. The monoisotopic (exact) mass is 238 g/mol. The molecule has 0 saturated heterocycles. The van der Waals surface area contributed by atoms with E-state index in [1.54, 1.807) is 13.2 Å². The lowest BCUT2D eigenvalue weighted by Gasteiger charge is -2.18. The van der Waals surface area contributed by atoms with Crippen LogP contribution in [-0.2, 0) is 4.74 Å². The Morgan fingerprint density at radius 2 is 2.29 bits per heavy atom. The molecule has 0 aliphatic heterocycles. The smallest absolute Gasteiger partial charge is 0.126 e. The predicted molar refractivity (Wildman–Crippen MR) is 62.1 cm³/mol. The van der Waals surface area contributed by atoms with E-state index in [0.29, 0.717) is 18.7 Å². The molecule has 0 fully saturated rings. The van der Waals surface area contributed by atoms with E-state index in [-0.39, 0.29) is 18.2 Å². The molecule has 17 heavy (non-hydrogen) atoms. The van der Waals surface area contributed by atoms with Crippen LogP contribution in [0.15, 0.2) is 18.2 Å². The van der Waals surface area contributed by atoms with E-state index in [1.807, 2.05) is 6.07 Å². The summed E-state index contributed by atoms with van der Waals surface area (Å²) in [6.45, 7) is 0.417. The Labute approximate surface area is 99.6 Å². The zero-order chi connectivity index (χ0) is 12.7. The zero-order valence-corrected chi connectivity index (χ0v) is 9.61. The summed E-state index contributed by atoms with van der Waals surface area (Å²) < 4.78 is 18.1. The number of methoxy groups -OCH3 is 1. The van der Waals surface area contributed by atoms with Crippen LogP contribution in [0.1, 0.15) is 12.0 Å². The van der Waals surface area contributed by atoms with Gasteiger partial charge in [-0.1, -0.05) is 0 Å². The molecule has 0 amide bonds. The van der Waals surface area contributed by atoms with Gasteiger partial charge in [0.1, 0.15) is 5.82 Å². The van der Waals surface area contributed by atoms with E-state index in [1.165, 1.54) is 12.1 Å². The number of nitriles is 1. The second-order valence-electron chi connectivity index (χ2n) is 3.65. The van der Waals surface area contributed by atoms with Crippen LogP contribution in [0.5, 0.6) is 0 Å². The Morgan fingerprint density at radius 1 is 1.53 bits per heavy atom. The molecule has 5 heteroatoms. The van der Waals surface area contributed by atoms with Crippen molar-refractivity contribution >= 4 is 5.69 Å². The molecule has 1 unspecified atom stereocenters. The van der Waals surface area contributed by atoms with Crippen molar-refractivity contribution in [3.05, 3.63) is 29.6 Å². The molecule has 92 valence electrons. The highest BCUT2D eigenvalue weighted by Crippen LogP contribution is 2.15. The van der Waals surface area contributed by atoms with E-state index < -0.39 is 5.82 Å². The third kappa shape index (κ3) is 4.39. The largest absolute Gasteiger partial charge is 0.396 e. The van der Waals surface area contributed by atoms with Crippen LogP contribution in [-0.4, -0.2) is 31.5 Å². The number of nitrogens with zero attached hydrogens (tertiary/aromatic N) is 1. The van der Waals surface area contributed by atoms with Crippen molar-refractivity contribution < 1.29 is 14.2 Å². The average molecular weight is 238 g/mol. The molecule has 4 nitrogen and oxygen atoms in total. The molecule has 0 saturated carbocycles. The fourth-order valence-corrected chi connectivity index (χ4v) is 1.53. The maximum Gasteiger partial charge on any atom is 0.126 e. The van der Waals surface area contributed by atoms with Crippen LogP contribution in [0.4, 0.5) is 10.1 Å². The lowest BCUT2D eigenvalue weighted by atomic mass is 10.1. The normalized spacial score (nSPS) is 11.9. The number of aliphatic hydroxyl groups is 1. The van der Waals surface area contributed by atoms with Crippen molar-refractivity contribution in [2.24, 2.45) is 0 Å². The molecule has 0 aromatic heterocycles. The summed E-state index contributed by atoms with van der Waals surface area (Å²) in [4.78, 5) is 0. The van der Waals surface area contributed by atoms with Gasteiger partial charge in [0.25, 0.3) is 0 Å². The van der Waals surface area contributed by atoms with Gasteiger partial charge in [-0.3, -0.25) is 0 Å². The Morgan fingerprint density at radius 3 is 2.88 bits per heavy atom. The standard InChI is InChI=1S/C12H15FN2O2/c1-17-8-11(2-3-16)15-12-5-9(7-14)4-10(13)6-12/h4-6,11,15-16H,2-3,8H2,1H3. The minimum Gasteiger partial charge on any atom is -0.396 e. The Kier molecular flexibility index (Phi) is 5.40. The van der Waals surface area contributed by atoms with Gasteiger partial charge in [-0.15, -0.1) is 0 Å². The van der Waals surface area contributed by atoms with Gasteiger partial charge in [-0.05, 0) is 24.6 Å². The van der Waals surface area contributed by atoms with Crippen LogP contribution in [0.3, 0.4) is 0 Å². The van der Waals surface area contributed by atoms with Crippen molar-refractivity contribution in [1.82, 2.24) is 0 Å². The third-order valence-electron chi connectivity index (χ3n) is 2.24. The van der Waals surface area contributed by atoms with Crippen LogP contribution in [0, 0.1) is 17.1 Å². The molecule has 0 aliphatic rings. The molecule has 0 heterocycles. The average Bonchev–Trinajstić information content (AvgIpc) is 2.29. The summed E-state index contributed by atoms with van der Waals surface area (Å²) in [5, 5.41) is 20.6. The number of aliphatic hydroxyl groups excluding tert-OH is 1. The van der Waals surface area contributed by atoms with E-state index in [2.05, 4.69) is 5.32 Å². The van der Waals surface area contributed by atoms with Gasteiger partial charge >= 0.3 is 0 Å². The van der Waals surface area contributed by atoms with Crippen molar-refractivity contribution in [3.63, 3.8) is 0 Å². The predicted octanol–water partition coefficient (Wildman–Crippen LogP) is 1.51. The summed E-state index contributed by atoms with van der Waals surface area (Å²) in [6.07, 6.45) is 0.492. The number of benzene rings is 1. The summed E-state index contributed by atoms with van der Waals surface area (Å²) in [7, 11) is 1.55. The fourth-order valence-electron chi connectivity index (χ4n) is 1.53. The second-order valence-corrected chi connectivity index (χ2v) is 3.65. The lowest BCUT2D eigenvalue weighted by Crippen LogP contribution is -2.26. The molecular weight excluding hydrogens is 223 g/mol. The van der Waals surface area contributed by atoms with E-state index >= 15 is 0 Å². The maximum atomic E-state index is 13.2. The minimum atomic E-state index is -0.466. The van der Waals surface area contributed by atoms with Crippen molar-refractivity contribution in [3.8, 4) is 6.07 Å². The number of rotatable bonds is 6. The molecule has 0 spiro atoms. The number of nitrogens with one attached hydrogen (secondary N) is 1. The summed E-state index contributed by atoms with van der Waals surface area (Å²) in [5.74, 6) is -0.466. The molecule has 1 rings (SSSR count). The summed E-state index contributed by atoms with van der Waals surface area (Å²) in [5.41, 5.74) is 0.768. The topological polar surface area (TPSA) is 65.3 Å². The number of ether oxygens (including phenoxy) is 1. The van der Waals surface area contributed by atoms with E-state index in [4.69, 9.17) is 15.1 Å². The van der Waals surface area contributed by atoms with Gasteiger partial charge in [0.2, 0.25) is 0 Å². The van der Waals surface area contributed by atoms with Gasteiger partial charge in [0.15, 0.2) is 0 Å². The minimum absolute atomic E-state index is 0.0153. The summed E-state index contributed by atoms with van der Waals surface area (Å²) in [6, 6.07) is 5.81. The first-order valence-electron chi connectivity index (χ1n) is 5.26. The van der Waals surface area contributed by atoms with Crippen LogP contribution < -0.4 is 5.32 Å². The Bertz CT molecular complexity index is 398. The van der Waals surface area contributed by atoms with Crippen molar-refractivity contribution in [2.45, 2.75) is 12.5 Å². The van der Waals surface area contributed by atoms with Gasteiger partial charge in [-0.2, -0.15) is 5.26 Å². The number of hydrogen-bond acceptors (Lipinski definition) is 4. The molecule has 1 atom stereocenters. The Hall–Kier alpha value is -1.64. The molecule has 0 bridgehead atoms. The van der Waals surface area contributed by atoms with E-state index in [9.17, 15) is 4.39 Å². The van der Waals surface area contributed by atoms with Crippen LogP contribution in [0.2, 0.25) is 0 Å². The molecular formula is C12H15FN2O2. The van der Waals surface area contributed by atoms with Gasteiger partial charge in [0, 0.05) is 19.4 Å². The highest BCUT2D eigenvalue weighted by atomic mass is 19.1. The molecule has 2 N–H and O–H groups in total. The molecule has 0 aliphatic carbocycles. The third-order valence-corrected chi connectivity index (χ3v) is 2.24. The summed E-state index contributed by atoms with van der Waals surface area (Å²) >= 11 is 0. The van der Waals surface area contributed by atoms with Gasteiger partial charge in [-0.25, -0.2) is 4.39 Å². The number of anilines is 1. The van der Waals surface area contributed by atoms with Crippen molar-refractivity contribution in [2.75, 3.05) is 25.6 Å². The molecule has 1 aromatic carbocycles. The number of hydrogen-bond donors (Lipinski definition) is 2. The van der Waals surface area contributed by atoms with Gasteiger partial charge < -0.3 is 15.2 Å². The lowest BCUT2D eigenvalue weighted by molar-refractivity contribution is 0.170. The Balaban J connectivity index is 2.78. The first kappa shape index (κ1) is 13.4. The van der Waals surface area contributed by atoms with Crippen molar-refractivity contribution in [1.29, 1.82) is 5.26 Å². The first-order chi connectivity index (χ1) is 8.19. The van der Waals surface area contributed by atoms with Gasteiger partial charge in [0.05, 0.1) is 24.3 Å². The maximum absolute atomic E-state index is 13.2.